The van der Waals surface area contributed by atoms with Gasteiger partial charge in [0.25, 0.3) is 0 Å². The van der Waals surface area contributed by atoms with Gasteiger partial charge in [-0.3, -0.25) is 0 Å². The van der Waals surface area contributed by atoms with Gasteiger partial charge in [-0.25, -0.2) is 4.98 Å². The number of thioether (sulfide) groups is 1. The number of nitrogens with one attached hydrogen (secondary N) is 1. The molecule has 1 aromatic rings. The third kappa shape index (κ3) is 2.80. The molecule has 3 nitrogen and oxygen atoms in total. The molecule has 0 saturated heterocycles. The highest BCUT2D eigenvalue weighted by Gasteiger charge is 2.30. The Morgan fingerprint density at radius 2 is 2.31 bits per heavy atom. The van der Waals surface area contributed by atoms with Gasteiger partial charge in [-0.1, -0.05) is 25.6 Å². The summed E-state index contributed by atoms with van der Waals surface area (Å²) in [5, 5.41) is 1.53. The molecule has 0 aromatic carbocycles. The van der Waals surface area contributed by atoms with E-state index in [1.54, 1.807) is 6.20 Å². The van der Waals surface area contributed by atoms with Crippen LogP contribution in [-0.2, 0) is 0 Å². The number of aromatic nitrogens is 2. The van der Waals surface area contributed by atoms with Crippen LogP contribution in [-0.4, -0.2) is 21.3 Å². The minimum absolute atomic E-state index is 0.324. The molecule has 3 N–H and O–H groups in total. The van der Waals surface area contributed by atoms with Crippen molar-refractivity contribution in [3.8, 4) is 0 Å². The third-order valence-corrected chi connectivity index (χ3v) is 4.85. The molecule has 1 aliphatic rings. The van der Waals surface area contributed by atoms with Gasteiger partial charge in [-0.2, -0.15) is 0 Å². The van der Waals surface area contributed by atoms with Crippen molar-refractivity contribution >= 4 is 11.8 Å². The van der Waals surface area contributed by atoms with Crippen molar-refractivity contribution in [1.29, 1.82) is 0 Å². The standard InChI is InChI=1S/C12H21N3S/c1-8(2)9-3-4-10(13)11(7-9)16-12-14-5-6-15-12/h5-6,8-11H,3-4,7,13H2,1-2H3,(H,14,15). The largest absolute Gasteiger partial charge is 0.340 e. The van der Waals surface area contributed by atoms with Crippen LogP contribution in [0.15, 0.2) is 17.6 Å². The van der Waals surface area contributed by atoms with Crippen LogP contribution in [0.3, 0.4) is 0 Å². The molecule has 90 valence electrons. The van der Waals surface area contributed by atoms with E-state index in [2.05, 4.69) is 23.8 Å². The second-order valence-corrected chi connectivity index (χ2v) is 6.26. The van der Waals surface area contributed by atoms with Crippen LogP contribution in [0.5, 0.6) is 0 Å². The number of nitrogens with zero attached hydrogens (tertiary/aromatic N) is 1. The molecule has 1 aliphatic carbocycles. The van der Waals surface area contributed by atoms with Gasteiger partial charge in [-0.15, -0.1) is 0 Å². The van der Waals surface area contributed by atoms with Crippen LogP contribution < -0.4 is 5.73 Å². The average Bonchev–Trinajstić information content (AvgIpc) is 2.73. The number of imidazole rings is 1. The van der Waals surface area contributed by atoms with E-state index >= 15 is 0 Å². The van der Waals surface area contributed by atoms with Crippen molar-refractivity contribution in [2.24, 2.45) is 17.6 Å². The highest BCUT2D eigenvalue weighted by Crippen LogP contribution is 2.37. The van der Waals surface area contributed by atoms with Crippen LogP contribution in [0.25, 0.3) is 0 Å². The zero-order chi connectivity index (χ0) is 11.5. The summed E-state index contributed by atoms with van der Waals surface area (Å²) >= 11 is 1.81. The van der Waals surface area contributed by atoms with Gasteiger partial charge in [0.2, 0.25) is 0 Å². The van der Waals surface area contributed by atoms with E-state index in [0.29, 0.717) is 11.3 Å². The lowest BCUT2D eigenvalue weighted by Gasteiger charge is -2.35. The van der Waals surface area contributed by atoms with E-state index in [0.717, 1.165) is 23.4 Å². The number of aromatic amines is 1. The molecule has 3 unspecified atom stereocenters. The fourth-order valence-electron chi connectivity index (χ4n) is 2.38. The number of hydrogen-bond acceptors (Lipinski definition) is 3. The fraction of sp³-hybridized carbons (Fsp3) is 0.750. The van der Waals surface area contributed by atoms with E-state index in [-0.39, 0.29) is 0 Å². The van der Waals surface area contributed by atoms with Crippen molar-refractivity contribution in [2.75, 3.05) is 0 Å². The van der Waals surface area contributed by atoms with Crippen LogP contribution in [0.1, 0.15) is 33.1 Å². The molecule has 1 saturated carbocycles. The molecule has 0 bridgehead atoms. The number of H-pyrrole nitrogens is 1. The van der Waals surface area contributed by atoms with Crippen LogP contribution in [0, 0.1) is 11.8 Å². The molecule has 3 atom stereocenters. The van der Waals surface area contributed by atoms with Gasteiger partial charge in [-0.05, 0) is 31.1 Å². The first-order chi connectivity index (χ1) is 7.66. The van der Waals surface area contributed by atoms with Gasteiger partial charge in [0.1, 0.15) is 0 Å². The topological polar surface area (TPSA) is 54.7 Å². The van der Waals surface area contributed by atoms with Crippen molar-refractivity contribution in [2.45, 2.75) is 49.6 Å². The quantitative estimate of drug-likeness (QED) is 0.852. The Bertz CT molecular complexity index is 310. The summed E-state index contributed by atoms with van der Waals surface area (Å²) in [6.45, 7) is 4.63. The molecule has 4 heteroatoms. The molecule has 0 spiro atoms. The van der Waals surface area contributed by atoms with Gasteiger partial charge >= 0.3 is 0 Å². The summed E-state index contributed by atoms with van der Waals surface area (Å²) in [7, 11) is 0. The molecule has 0 radical (unpaired) electrons. The highest BCUT2D eigenvalue weighted by atomic mass is 32.2. The maximum absolute atomic E-state index is 6.20. The maximum atomic E-state index is 6.20. The molecule has 0 aliphatic heterocycles. The van der Waals surface area contributed by atoms with Crippen molar-refractivity contribution in [1.82, 2.24) is 9.97 Å². The summed E-state index contributed by atoms with van der Waals surface area (Å²) < 4.78 is 0. The Labute approximate surface area is 102 Å². The van der Waals surface area contributed by atoms with Gasteiger partial charge in [0, 0.05) is 23.7 Å². The molecule has 1 fully saturated rings. The summed E-state index contributed by atoms with van der Waals surface area (Å²) in [5.74, 6) is 1.60. The summed E-state index contributed by atoms with van der Waals surface area (Å²) in [6.07, 6.45) is 7.34. The SMILES string of the molecule is CC(C)C1CCC(N)C(Sc2ncc[nH]2)C1. The van der Waals surface area contributed by atoms with Crippen LogP contribution in [0.4, 0.5) is 0 Å². The molecule has 2 rings (SSSR count). The first kappa shape index (κ1) is 12.0. The van der Waals surface area contributed by atoms with E-state index in [4.69, 9.17) is 5.73 Å². The molecular formula is C12H21N3S. The predicted octanol–water partition coefficient (Wildman–Crippen LogP) is 2.65. The Morgan fingerprint density at radius 3 is 2.94 bits per heavy atom. The van der Waals surface area contributed by atoms with Crippen molar-refractivity contribution in [3.63, 3.8) is 0 Å². The zero-order valence-electron chi connectivity index (χ0n) is 10.0. The van der Waals surface area contributed by atoms with E-state index in [1.165, 1.54) is 12.8 Å². The lowest BCUT2D eigenvalue weighted by molar-refractivity contribution is 0.266. The number of nitrogens with two attached hydrogens (primary N) is 1. The smallest absolute Gasteiger partial charge is 0.165 e. The van der Waals surface area contributed by atoms with Crippen molar-refractivity contribution < 1.29 is 0 Å². The predicted molar refractivity (Wildman–Crippen MR) is 68.4 cm³/mol. The summed E-state index contributed by atoms with van der Waals surface area (Å²) in [5.41, 5.74) is 6.20. The van der Waals surface area contributed by atoms with Crippen molar-refractivity contribution in [3.05, 3.63) is 12.4 Å². The Morgan fingerprint density at radius 1 is 1.50 bits per heavy atom. The zero-order valence-corrected chi connectivity index (χ0v) is 10.8. The molecule has 1 aromatic heterocycles. The second-order valence-electron chi connectivity index (χ2n) is 5.03. The maximum Gasteiger partial charge on any atom is 0.165 e. The second kappa shape index (κ2) is 5.23. The normalized spacial score (nSPS) is 30.9. The fourth-order valence-corrected chi connectivity index (χ4v) is 3.58. The average molecular weight is 239 g/mol. The van der Waals surface area contributed by atoms with Gasteiger partial charge < -0.3 is 10.7 Å². The highest BCUT2D eigenvalue weighted by molar-refractivity contribution is 7.99. The third-order valence-electron chi connectivity index (χ3n) is 3.56. The van der Waals surface area contributed by atoms with E-state index < -0.39 is 0 Å². The van der Waals surface area contributed by atoms with Crippen LogP contribution in [0.2, 0.25) is 0 Å². The first-order valence-electron chi connectivity index (χ1n) is 6.08. The molecule has 16 heavy (non-hydrogen) atoms. The lowest BCUT2D eigenvalue weighted by atomic mass is 9.79. The van der Waals surface area contributed by atoms with E-state index in [1.807, 2.05) is 18.0 Å². The summed E-state index contributed by atoms with van der Waals surface area (Å²) in [4.78, 5) is 7.41. The number of hydrogen-bond donors (Lipinski definition) is 2. The molecule has 1 heterocycles. The molecular weight excluding hydrogens is 218 g/mol. The van der Waals surface area contributed by atoms with Gasteiger partial charge in [0.15, 0.2) is 5.16 Å². The molecule has 0 amide bonds. The van der Waals surface area contributed by atoms with E-state index in [9.17, 15) is 0 Å². The Hall–Kier alpha value is -0.480. The van der Waals surface area contributed by atoms with Gasteiger partial charge in [0.05, 0.1) is 0 Å². The summed E-state index contributed by atoms with van der Waals surface area (Å²) in [6, 6.07) is 0.324. The Balaban J connectivity index is 1.96. The minimum atomic E-state index is 0.324. The first-order valence-corrected chi connectivity index (χ1v) is 6.96. The lowest BCUT2D eigenvalue weighted by Crippen LogP contribution is -2.39. The minimum Gasteiger partial charge on any atom is -0.340 e. The monoisotopic (exact) mass is 239 g/mol. The Kier molecular flexibility index (Phi) is 3.92. The number of rotatable bonds is 3. The van der Waals surface area contributed by atoms with Crippen LogP contribution >= 0.6 is 11.8 Å².